The first-order valence-electron chi connectivity index (χ1n) is 7.37. The highest BCUT2D eigenvalue weighted by Crippen LogP contribution is 2.24. The van der Waals surface area contributed by atoms with E-state index < -0.39 is 0 Å². The fourth-order valence-electron chi connectivity index (χ4n) is 2.75. The third-order valence-electron chi connectivity index (χ3n) is 4.15. The Labute approximate surface area is 123 Å². The molecule has 0 saturated carbocycles. The number of aryl methyl sites for hydroxylation is 3. The molecule has 2 aromatic carbocycles. The molecule has 0 aliphatic carbocycles. The standard InChI is InChI=1S/C19H25N/c1-13-11-15(3)19(12-14(13)2)17(5)20-16(4)18-9-7-6-8-10-18/h6-12,16-17,20H,1-5H3. The van der Waals surface area contributed by atoms with Gasteiger partial charge >= 0.3 is 0 Å². The SMILES string of the molecule is Cc1cc(C)c(C(C)NC(C)c2ccccc2)cc1C. The van der Waals surface area contributed by atoms with Crippen LogP contribution in [0.15, 0.2) is 42.5 Å². The van der Waals surface area contributed by atoms with Crippen LogP contribution in [0.3, 0.4) is 0 Å². The number of nitrogens with one attached hydrogen (secondary N) is 1. The van der Waals surface area contributed by atoms with Crippen LogP contribution in [0.25, 0.3) is 0 Å². The number of benzene rings is 2. The molecule has 2 unspecified atom stereocenters. The molecule has 0 heterocycles. The van der Waals surface area contributed by atoms with Crippen molar-refractivity contribution >= 4 is 0 Å². The first kappa shape index (κ1) is 14.8. The second-order valence-corrected chi connectivity index (χ2v) is 5.81. The maximum atomic E-state index is 3.70. The molecular weight excluding hydrogens is 242 g/mol. The van der Waals surface area contributed by atoms with Crippen molar-refractivity contribution in [3.05, 3.63) is 70.3 Å². The fraction of sp³-hybridized carbons (Fsp3) is 0.368. The highest BCUT2D eigenvalue weighted by Gasteiger charge is 2.13. The summed E-state index contributed by atoms with van der Waals surface area (Å²) in [4.78, 5) is 0. The summed E-state index contributed by atoms with van der Waals surface area (Å²) in [5.41, 5.74) is 6.84. The zero-order chi connectivity index (χ0) is 14.7. The van der Waals surface area contributed by atoms with Crippen LogP contribution in [-0.2, 0) is 0 Å². The summed E-state index contributed by atoms with van der Waals surface area (Å²) >= 11 is 0. The average Bonchev–Trinajstić information content (AvgIpc) is 2.43. The van der Waals surface area contributed by atoms with Gasteiger partial charge in [-0.1, -0.05) is 42.5 Å². The van der Waals surface area contributed by atoms with Crippen LogP contribution in [0.2, 0.25) is 0 Å². The molecule has 1 heteroatoms. The second kappa shape index (κ2) is 6.23. The van der Waals surface area contributed by atoms with Gasteiger partial charge in [-0.2, -0.15) is 0 Å². The van der Waals surface area contributed by atoms with E-state index in [0.29, 0.717) is 12.1 Å². The van der Waals surface area contributed by atoms with Crippen molar-refractivity contribution in [3.63, 3.8) is 0 Å². The molecule has 20 heavy (non-hydrogen) atoms. The summed E-state index contributed by atoms with van der Waals surface area (Å²) in [5, 5.41) is 3.70. The summed E-state index contributed by atoms with van der Waals surface area (Å²) in [6.07, 6.45) is 0. The lowest BCUT2D eigenvalue weighted by atomic mass is 9.95. The van der Waals surface area contributed by atoms with E-state index >= 15 is 0 Å². The fourth-order valence-corrected chi connectivity index (χ4v) is 2.75. The molecule has 1 N–H and O–H groups in total. The zero-order valence-corrected chi connectivity index (χ0v) is 13.2. The Morgan fingerprint density at radius 3 is 2.00 bits per heavy atom. The van der Waals surface area contributed by atoms with Crippen molar-refractivity contribution in [1.82, 2.24) is 5.32 Å². The molecule has 0 fully saturated rings. The Kier molecular flexibility index (Phi) is 4.61. The van der Waals surface area contributed by atoms with Gasteiger partial charge in [-0.05, 0) is 62.4 Å². The summed E-state index contributed by atoms with van der Waals surface area (Å²) in [7, 11) is 0. The van der Waals surface area contributed by atoms with Gasteiger partial charge in [-0.15, -0.1) is 0 Å². The van der Waals surface area contributed by atoms with Gasteiger partial charge < -0.3 is 5.32 Å². The van der Waals surface area contributed by atoms with Crippen LogP contribution >= 0.6 is 0 Å². The predicted molar refractivity (Wildman–Crippen MR) is 87.1 cm³/mol. The van der Waals surface area contributed by atoms with Crippen LogP contribution in [0.4, 0.5) is 0 Å². The maximum absolute atomic E-state index is 3.70. The highest BCUT2D eigenvalue weighted by atomic mass is 14.9. The van der Waals surface area contributed by atoms with Crippen LogP contribution < -0.4 is 5.32 Å². The van der Waals surface area contributed by atoms with E-state index in [0.717, 1.165) is 0 Å². The molecule has 0 saturated heterocycles. The number of hydrogen-bond acceptors (Lipinski definition) is 1. The first-order valence-corrected chi connectivity index (χ1v) is 7.37. The summed E-state index contributed by atoms with van der Waals surface area (Å²) in [6.45, 7) is 11.0. The van der Waals surface area contributed by atoms with Gasteiger partial charge in [-0.25, -0.2) is 0 Å². The molecule has 0 aromatic heterocycles. The Morgan fingerprint density at radius 1 is 0.750 bits per heavy atom. The Morgan fingerprint density at radius 2 is 1.35 bits per heavy atom. The van der Waals surface area contributed by atoms with Gasteiger partial charge in [0.15, 0.2) is 0 Å². The molecule has 0 aliphatic rings. The molecule has 0 amide bonds. The Balaban J connectivity index is 2.16. The maximum Gasteiger partial charge on any atom is 0.0300 e. The van der Waals surface area contributed by atoms with Crippen molar-refractivity contribution in [2.75, 3.05) is 0 Å². The van der Waals surface area contributed by atoms with Crippen LogP contribution in [0.1, 0.15) is 53.7 Å². The van der Waals surface area contributed by atoms with Gasteiger partial charge in [0.2, 0.25) is 0 Å². The molecule has 0 bridgehead atoms. The lowest BCUT2D eigenvalue weighted by Gasteiger charge is -2.23. The third kappa shape index (κ3) is 3.29. The largest absolute Gasteiger partial charge is 0.304 e. The molecule has 0 radical (unpaired) electrons. The van der Waals surface area contributed by atoms with E-state index in [1.807, 2.05) is 0 Å². The average molecular weight is 267 g/mol. The molecule has 0 aliphatic heterocycles. The topological polar surface area (TPSA) is 12.0 Å². The summed E-state index contributed by atoms with van der Waals surface area (Å²) in [5.74, 6) is 0. The van der Waals surface area contributed by atoms with Gasteiger partial charge in [0, 0.05) is 12.1 Å². The molecular formula is C19H25N. The van der Waals surface area contributed by atoms with Crippen molar-refractivity contribution in [1.29, 1.82) is 0 Å². The molecule has 0 spiro atoms. The molecule has 1 nitrogen and oxygen atoms in total. The van der Waals surface area contributed by atoms with Crippen molar-refractivity contribution < 1.29 is 0 Å². The van der Waals surface area contributed by atoms with E-state index in [-0.39, 0.29) is 0 Å². The monoisotopic (exact) mass is 267 g/mol. The first-order chi connectivity index (χ1) is 9.49. The lowest BCUT2D eigenvalue weighted by Crippen LogP contribution is -2.23. The normalized spacial score (nSPS) is 14.1. The van der Waals surface area contributed by atoms with Gasteiger partial charge in [0.1, 0.15) is 0 Å². The van der Waals surface area contributed by atoms with Crippen molar-refractivity contribution in [2.24, 2.45) is 0 Å². The summed E-state index contributed by atoms with van der Waals surface area (Å²) in [6, 6.07) is 15.9. The minimum absolute atomic E-state index is 0.351. The highest BCUT2D eigenvalue weighted by molar-refractivity contribution is 5.38. The van der Waals surface area contributed by atoms with Crippen LogP contribution in [-0.4, -0.2) is 0 Å². The van der Waals surface area contributed by atoms with Crippen molar-refractivity contribution in [2.45, 2.75) is 46.7 Å². The van der Waals surface area contributed by atoms with Gasteiger partial charge in [-0.3, -0.25) is 0 Å². The second-order valence-electron chi connectivity index (χ2n) is 5.81. The van der Waals surface area contributed by atoms with Crippen LogP contribution in [0, 0.1) is 20.8 Å². The minimum atomic E-state index is 0.351. The molecule has 2 atom stereocenters. The van der Waals surface area contributed by atoms with E-state index in [1.54, 1.807) is 0 Å². The third-order valence-corrected chi connectivity index (χ3v) is 4.15. The molecule has 2 aromatic rings. The van der Waals surface area contributed by atoms with Gasteiger partial charge in [0.05, 0.1) is 0 Å². The quantitative estimate of drug-likeness (QED) is 0.819. The van der Waals surface area contributed by atoms with Crippen molar-refractivity contribution in [3.8, 4) is 0 Å². The number of rotatable bonds is 4. The summed E-state index contributed by atoms with van der Waals surface area (Å²) < 4.78 is 0. The van der Waals surface area contributed by atoms with E-state index in [1.165, 1.54) is 27.8 Å². The van der Waals surface area contributed by atoms with E-state index in [9.17, 15) is 0 Å². The van der Waals surface area contributed by atoms with Crippen LogP contribution in [0.5, 0.6) is 0 Å². The van der Waals surface area contributed by atoms with Gasteiger partial charge in [0.25, 0.3) is 0 Å². The molecule has 2 rings (SSSR count). The minimum Gasteiger partial charge on any atom is -0.304 e. The predicted octanol–water partition coefficient (Wildman–Crippen LogP) is 5.02. The number of hydrogen-bond donors (Lipinski definition) is 1. The Hall–Kier alpha value is -1.60. The smallest absolute Gasteiger partial charge is 0.0300 e. The Bertz CT molecular complexity index is 572. The zero-order valence-electron chi connectivity index (χ0n) is 13.2. The lowest BCUT2D eigenvalue weighted by molar-refractivity contribution is 0.493. The molecule has 106 valence electrons. The van der Waals surface area contributed by atoms with E-state index in [2.05, 4.69) is 82.4 Å². The van der Waals surface area contributed by atoms with E-state index in [4.69, 9.17) is 0 Å².